The van der Waals surface area contributed by atoms with E-state index in [2.05, 4.69) is 0 Å². The quantitative estimate of drug-likeness (QED) is 0.777. The molecule has 1 rings (SSSR count). The van der Waals surface area contributed by atoms with Crippen LogP contribution in [0.25, 0.3) is 0 Å². The van der Waals surface area contributed by atoms with Gasteiger partial charge in [0.05, 0.1) is 12.7 Å². The van der Waals surface area contributed by atoms with E-state index in [0.29, 0.717) is 5.69 Å². The van der Waals surface area contributed by atoms with Crippen molar-refractivity contribution < 1.29 is 18.3 Å². The van der Waals surface area contributed by atoms with Crippen molar-refractivity contribution in [3.05, 3.63) is 18.2 Å². The molecule has 0 amide bonds. The lowest BCUT2D eigenvalue weighted by molar-refractivity contribution is 0.0639. The monoisotopic (exact) mass is 288 g/mol. The number of benzene rings is 1. The van der Waals surface area contributed by atoms with Crippen LogP contribution in [0, 0.1) is 0 Å². The van der Waals surface area contributed by atoms with Crippen LogP contribution < -0.4 is 10.5 Å². The van der Waals surface area contributed by atoms with Crippen LogP contribution in [-0.2, 0) is 10.0 Å². The minimum absolute atomic E-state index is 0.0123. The molecule has 0 aliphatic rings. The summed E-state index contributed by atoms with van der Waals surface area (Å²) in [5.74, 6) is 0.219. The van der Waals surface area contributed by atoms with E-state index in [1.165, 1.54) is 40.1 Å². The topological polar surface area (TPSA) is 92.9 Å². The van der Waals surface area contributed by atoms with Gasteiger partial charge in [-0.3, -0.25) is 0 Å². The Morgan fingerprint density at radius 3 is 2.47 bits per heavy atom. The fraction of sp³-hybridized carbons (Fsp3) is 0.500. The van der Waals surface area contributed by atoms with Gasteiger partial charge in [0, 0.05) is 19.3 Å². The van der Waals surface area contributed by atoms with Crippen LogP contribution in [0.3, 0.4) is 0 Å². The third-order valence-corrected chi connectivity index (χ3v) is 4.31. The Labute approximate surface area is 113 Å². The molecule has 0 aliphatic carbocycles. The Morgan fingerprint density at radius 2 is 2.00 bits per heavy atom. The number of nitrogen functional groups attached to an aromatic ring is 1. The highest BCUT2D eigenvalue weighted by Gasteiger charge is 2.29. The molecule has 0 radical (unpaired) electrons. The SMILES string of the molecule is COc1ccc(N)cc1S(=O)(=O)N(C)CC(C)(C)O. The number of aliphatic hydroxyl groups is 1. The van der Waals surface area contributed by atoms with Gasteiger partial charge in [-0.1, -0.05) is 0 Å². The average molecular weight is 288 g/mol. The van der Waals surface area contributed by atoms with Crippen molar-refractivity contribution in [2.75, 3.05) is 26.4 Å². The predicted octanol–water partition coefficient (Wildman–Crippen LogP) is 0.669. The standard InChI is InChI=1S/C12H20N2O4S/c1-12(2,15)8-14(3)19(16,17)11-7-9(13)5-6-10(11)18-4/h5-7,15H,8,13H2,1-4H3. The summed E-state index contributed by atoms with van der Waals surface area (Å²) in [7, 11) is -0.981. The van der Waals surface area contributed by atoms with Gasteiger partial charge in [0.25, 0.3) is 0 Å². The van der Waals surface area contributed by atoms with Crippen molar-refractivity contribution in [1.29, 1.82) is 0 Å². The molecular formula is C12H20N2O4S. The zero-order valence-electron chi connectivity index (χ0n) is 11.5. The number of likely N-dealkylation sites (N-methyl/N-ethyl adjacent to an activating group) is 1. The minimum Gasteiger partial charge on any atom is -0.495 e. The van der Waals surface area contributed by atoms with Crippen molar-refractivity contribution in [2.24, 2.45) is 0 Å². The molecule has 1 aromatic rings. The number of rotatable bonds is 5. The highest BCUT2D eigenvalue weighted by atomic mass is 32.2. The highest BCUT2D eigenvalue weighted by Crippen LogP contribution is 2.28. The normalized spacial score (nSPS) is 12.7. The predicted molar refractivity (Wildman–Crippen MR) is 73.5 cm³/mol. The lowest BCUT2D eigenvalue weighted by Crippen LogP contribution is -2.39. The van der Waals surface area contributed by atoms with Gasteiger partial charge in [-0.15, -0.1) is 0 Å². The molecule has 0 unspecified atom stereocenters. The van der Waals surface area contributed by atoms with Gasteiger partial charge in [0.1, 0.15) is 10.6 Å². The van der Waals surface area contributed by atoms with Crippen molar-refractivity contribution in [1.82, 2.24) is 4.31 Å². The fourth-order valence-electron chi connectivity index (χ4n) is 1.69. The van der Waals surface area contributed by atoms with Crippen molar-refractivity contribution >= 4 is 15.7 Å². The van der Waals surface area contributed by atoms with Crippen LogP contribution >= 0.6 is 0 Å². The zero-order valence-corrected chi connectivity index (χ0v) is 12.4. The Morgan fingerprint density at radius 1 is 1.42 bits per heavy atom. The Balaban J connectivity index is 3.23. The van der Waals surface area contributed by atoms with Crippen molar-refractivity contribution in [3.63, 3.8) is 0 Å². The third-order valence-electron chi connectivity index (χ3n) is 2.49. The second kappa shape index (κ2) is 5.36. The summed E-state index contributed by atoms with van der Waals surface area (Å²) in [6.45, 7) is 3.04. The van der Waals surface area contributed by atoms with Crippen molar-refractivity contribution in [3.8, 4) is 5.75 Å². The maximum Gasteiger partial charge on any atom is 0.246 e. The van der Waals surface area contributed by atoms with Gasteiger partial charge in [-0.2, -0.15) is 4.31 Å². The van der Waals surface area contributed by atoms with Crippen molar-refractivity contribution in [2.45, 2.75) is 24.3 Å². The number of hydrogen-bond acceptors (Lipinski definition) is 5. The molecule has 3 N–H and O–H groups in total. The summed E-state index contributed by atoms with van der Waals surface area (Å²) in [4.78, 5) is -0.0123. The van der Waals surface area contributed by atoms with Gasteiger partial charge >= 0.3 is 0 Å². The highest BCUT2D eigenvalue weighted by molar-refractivity contribution is 7.89. The van der Waals surface area contributed by atoms with Gasteiger partial charge < -0.3 is 15.6 Å². The molecule has 19 heavy (non-hydrogen) atoms. The molecule has 0 saturated heterocycles. The number of sulfonamides is 1. The molecule has 0 saturated carbocycles. The minimum atomic E-state index is -3.77. The van der Waals surface area contributed by atoms with E-state index in [1.54, 1.807) is 6.07 Å². The van der Waals surface area contributed by atoms with Crippen LogP contribution in [0.1, 0.15) is 13.8 Å². The Bertz CT molecular complexity index is 549. The second-order valence-electron chi connectivity index (χ2n) is 4.98. The summed E-state index contributed by atoms with van der Waals surface area (Å²) >= 11 is 0. The number of anilines is 1. The van der Waals surface area contributed by atoms with Gasteiger partial charge in [-0.05, 0) is 32.0 Å². The molecule has 108 valence electrons. The smallest absolute Gasteiger partial charge is 0.246 e. The van der Waals surface area contributed by atoms with Gasteiger partial charge in [0.15, 0.2) is 0 Å². The van der Waals surface area contributed by atoms with Gasteiger partial charge in [0.2, 0.25) is 10.0 Å². The molecular weight excluding hydrogens is 268 g/mol. The summed E-state index contributed by atoms with van der Waals surface area (Å²) in [5, 5.41) is 9.72. The summed E-state index contributed by atoms with van der Waals surface area (Å²) in [6.07, 6.45) is 0. The largest absolute Gasteiger partial charge is 0.495 e. The molecule has 0 fully saturated rings. The Kier molecular flexibility index (Phi) is 4.44. The summed E-state index contributed by atoms with van der Waals surface area (Å²) in [6, 6.07) is 4.41. The molecule has 0 spiro atoms. The molecule has 1 aromatic carbocycles. The first-order chi connectivity index (χ1) is 8.58. The third kappa shape index (κ3) is 3.82. The van der Waals surface area contributed by atoms with Crippen LogP contribution in [0.5, 0.6) is 5.75 Å². The van der Waals surface area contributed by atoms with E-state index in [4.69, 9.17) is 10.5 Å². The second-order valence-corrected chi connectivity index (χ2v) is 7.00. The van der Waals surface area contributed by atoms with Gasteiger partial charge in [-0.25, -0.2) is 8.42 Å². The van der Waals surface area contributed by atoms with Crippen LogP contribution in [0.2, 0.25) is 0 Å². The first-order valence-electron chi connectivity index (χ1n) is 5.70. The van der Waals surface area contributed by atoms with E-state index >= 15 is 0 Å². The van der Waals surface area contributed by atoms with E-state index in [9.17, 15) is 13.5 Å². The summed E-state index contributed by atoms with van der Waals surface area (Å²) in [5.41, 5.74) is 4.82. The summed E-state index contributed by atoms with van der Waals surface area (Å²) < 4.78 is 31.0. The van der Waals surface area contributed by atoms with E-state index < -0.39 is 15.6 Å². The number of nitrogens with two attached hydrogens (primary N) is 1. The molecule has 7 heteroatoms. The average Bonchev–Trinajstić information content (AvgIpc) is 2.26. The zero-order chi connectivity index (χ0) is 14.8. The lowest BCUT2D eigenvalue weighted by atomic mass is 10.1. The molecule has 6 nitrogen and oxygen atoms in total. The molecule has 0 aromatic heterocycles. The number of nitrogens with zero attached hydrogens (tertiary/aromatic N) is 1. The Hall–Kier alpha value is -1.31. The number of hydrogen-bond donors (Lipinski definition) is 2. The number of ether oxygens (including phenoxy) is 1. The lowest BCUT2D eigenvalue weighted by Gasteiger charge is -2.25. The maximum absolute atomic E-state index is 12.4. The first-order valence-corrected chi connectivity index (χ1v) is 7.14. The van der Waals surface area contributed by atoms with E-state index in [1.807, 2.05) is 0 Å². The fourth-order valence-corrected chi connectivity index (χ4v) is 3.20. The van der Waals surface area contributed by atoms with Crippen LogP contribution in [-0.4, -0.2) is 44.1 Å². The first kappa shape index (κ1) is 15.7. The number of methoxy groups -OCH3 is 1. The molecule has 0 bridgehead atoms. The van der Waals surface area contributed by atoms with E-state index in [-0.39, 0.29) is 17.2 Å². The van der Waals surface area contributed by atoms with Crippen LogP contribution in [0.15, 0.2) is 23.1 Å². The maximum atomic E-state index is 12.4. The van der Waals surface area contributed by atoms with E-state index in [0.717, 1.165) is 4.31 Å². The molecule has 0 aliphatic heterocycles. The molecule has 0 atom stereocenters. The van der Waals surface area contributed by atoms with Crippen LogP contribution in [0.4, 0.5) is 5.69 Å². The molecule has 0 heterocycles.